The first-order chi connectivity index (χ1) is 7.24. The van der Waals surface area contributed by atoms with E-state index in [4.69, 9.17) is 0 Å². The van der Waals surface area contributed by atoms with Crippen molar-refractivity contribution in [2.45, 2.75) is 19.0 Å². The van der Waals surface area contributed by atoms with Gasteiger partial charge in [-0.05, 0) is 19.4 Å². The van der Waals surface area contributed by atoms with Gasteiger partial charge in [-0.25, -0.2) is 9.59 Å². The van der Waals surface area contributed by atoms with Crippen molar-refractivity contribution in [2.24, 2.45) is 0 Å². The molecule has 2 aliphatic rings. The number of hydrogen-bond donors (Lipinski definition) is 3. The monoisotopic (exact) mass is 211 g/mol. The van der Waals surface area contributed by atoms with Gasteiger partial charge in [0.2, 0.25) is 0 Å². The predicted octanol–water partition coefficient (Wildman–Crippen LogP) is -0.564. The molecular weight excluding hydrogens is 198 g/mol. The van der Waals surface area contributed by atoms with E-state index in [0.717, 1.165) is 19.4 Å². The first kappa shape index (κ1) is 9.97. The summed E-state index contributed by atoms with van der Waals surface area (Å²) in [7, 11) is 0. The standard InChI is InChI=1S/C9H13N3O3/c13-8-4-6(5-15-8)11-9(14)12-7-2-1-3-10-7/h4,7,10H,1-3,5H2,(H2,11,12,14). The molecule has 2 amide bonds. The van der Waals surface area contributed by atoms with Crippen LogP contribution < -0.4 is 16.0 Å². The van der Waals surface area contributed by atoms with Gasteiger partial charge in [-0.3, -0.25) is 5.32 Å². The van der Waals surface area contributed by atoms with Gasteiger partial charge in [0.15, 0.2) is 0 Å². The fraction of sp³-hybridized carbons (Fsp3) is 0.556. The van der Waals surface area contributed by atoms with Gasteiger partial charge in [0.1, 0.15) is 6.61 Å². The molecule has 0 aromatic heterocycles. The van der Waals surface area contributed by atoms with Crippen molar-refractivity contribution < 1.29 is 14.3 Å². The highest BCUT2D eigenvalue weighted by atomic mass is 16.5. The zero-order valence-corrected chi connectivity index (χ0v) is 8.21. The van der Waals surface area contributed by atoms with Gasteiger partial charge in [-0.1, -0.05) is 0 Å². The second-order valence-electron chi connectivity index (χ2n) is 3.52. The van der Waals surface area contributed by atoms with E-state index in [1.807, 2.05) is 0 Å². The number of urea groups is 1. The smallest absolute Gasteiger partial charge is 0.333 e. The Hall–Kier alpha value is -1.56. The molecule has 0 bridgehead atoms. The lowest BCUT2D eigenvalue weighted by Gasteiger charge is -2.13. The van der Waals surface area contributed by atoms with Crippen molar-refractivity contribution in [2.75, 3.05) is 13.2 Å². The summed E-state index contributed by atoms with van der Waals surface area (Å²) in [5.74, 6) is -0.413. The van der Waals surface area contributed by atoms with Crippen LogP contribution in [0.4, 0.5) is 4.79 Å². The summed E-state index contributed by atoms with van der Waals surface area (Å²) in [5, 5.41) is 8.44. The Kier molecular flexibility index (Phi) is 2.86. The third-order valence-electron chi connectivity index (χ3n) is 2.30. The highest BCUT2D eigenvalue weighted by molar-refractivity contribution is 5.87. The first-order valence-corrected chi connectivity index (χ1v) is 4.92. The number of rotatable bonds is 2. The summed E-state index contributed by atoms with van der Waals surface area (Å²) in [6, 6.07) is -0.307. The van der Waals surface area contributed by atoms with E-state index in [-0.39, 0.29) is 18.8 Å². The summed E-state index contributed by atoms with van der Waals surface area (Å²) in [5.41, 5.74) is 0.496. The molecule has 0 aromatic carbocycles. The third-order valence-corrected chi connectivity index (χ3v) is 2.30. The van der Waals surface area contributed by atoms with Crippen LogP contribution >= 0.6 is 0 Å². The second kappa shape index (κ2) is 4.31. The van der Waals surface area contributed by atoms with Crippen LogP contribution in [0.3, 0.4) is 0 Å². The van der Waals surface area contributed by atoms with E-state index in [1.165, 1.54) is 6.08 Å². The summed E-state index contributed by atoms with van der Waals surface area (Å²) < 4.78 is 4.65. The van der Waals surface area contributed by atoms with Crippen LogP contribution in [0.15, 0.2) is 11.8 Å². The number of nitrogens with one attached hydrogen (secondary N) is 3. The Bertz CT molecular complexity index is 308. The number of cyclic esters (lactones) is 1. The Morgan fingerprint density at radius 1 is 1.60 bits per heavy atom. The van der Waals surface area contributed by atoms with Crippen LogP contribution in [0.2, 0.25) is 0 Å². The molecule has 0 aliphatic carbocycles. The van der Waals surface area contributed by atoms with E-state index in [0.29, 0.717) is 5.70 Å². The van der Waals surface area contributed by atoms with Crippen molar-refractivity contribution in [3.8, 4) is 0 Å². The topological polar surface area (TPSA) is 79.5 Å². The summed E-state index contributed by atoms with van der Waals surface area (Å²) in [4.78, 5) is 22.1. The number of hydrogen-bond acceptors (Lipinski definition) is 4. The molecule has 0 aromatic rings. The van der Waals surface area contributed by atoms with Crippen LogP contribution in [-0.2, 0) is 9.53 Å². The average Bonchev–Trinajstić information content (AvgIpc) is 2.77. The van der Waals surface area contributed by atoms with Crippen molar-refractivity contribution >= 4 is 12.0 Å². The molecule has 1 saturated heterocycles. The quantitative estimate of drug-likeness (QED) is 0.535. The van der Waals surface area contributed by atoms with E-state index in [1.54, 1.807) is 0 Å². The molecule has 0 saturated carbocycles. The molecule has 0 spiro atoms. The van der Waals surface area contributed by atoms with Gasteiger partial charge < -0.3 is 15.4 Å². The maximum atomic E-state index is 11.4. The minimum atomic E-state index is -0.413. The van der Waals surface area contributed by atoms with Crippen molar-refractivity contribution in [1.82, 2.24) is 16.0 Å². The number of amides is 2. The van der Waals surface area contributed by atoms with Crippen LogP contribution in [-0.4, -0.2) is 31.3 Å². The van der Waals surface area contributed by atoms with Gasteiger partial charge in [0.25, 0.3) is 0 Å². The zero-order chi connectivity index (χ0) is 10.7. The molecule has 6 heteroatoms. The van der Waals surface area contributed by atoms with E-state index >= 15 is 0 Å². The fourth-order valence-corrected chi connectivity index (χ4v) is 1.59. The van der Waals surface area contributed by atoms with Gasteiger partial charge in [0, 0.05) is 6.08 Å². The van der Waals surface area contributed by atoms with Crippen LogP contribution in [0.25, 0.3) is 0 Å². The largest absolute Gasteiger partial charge is 0.456 e. The molecule has 1 atom stereocenters. The summed E-state index contributed by atoms with van der Waals surface area (Å²) >= 11 is 0. The average molecular weight is 211 g/mol. The van der Waals surface area contributed by atoms with Gasteiger partial charge in [-0.2, -0.15) is 0 Å². The summed E-state index contributed by atoms with van der Waals surface area (Å²) in [6.45, 7) is 1.07. The van der Waals surface area contributed by atoms with Crippen LogP contribution in [0, 0.1) is 0 Å². The molecule has 6 nitrogen and oxygen atoms in total. The number of ether oxygens (including phenoxy) is 1. The Balaban J connectivity index is 1.77. The van der Waals surface area contributed by atoms with E-state index < -0.39 is 5.97 Å². The molecule has 2 aliphatic heterocycles. The number of carbonyl (C=O) groups is 2. The fourth-order valence-electron chi connectivity index (χ4n) is 1.59. The van der Waals surface area contributed by atoms with E-state index in [2.05, 4.69) is 20.7 Å². The SMILES string of the molecule is O=C(NC1=CC(=O)OC1)NC1CCCN1. The molecule has 2 rings (SSSR count). The lowest BCUT2D eigenvalue weighted by Crippen LogP contribution is -2.46. The van der Waals surface area contributed by atoms with Gasteiger partial charge >= 0.3 is 12.0 Å². The zero-order valence-electron chi connectivity index (χ0n) is 8.21. The highest BCUT2D eigenvalue weighted by Crippen LogP contribution is 2.03. The normalized spacial score (nSPS) is 24.7. The highest BCUT2D eigenvalue weighted by Gasteiger charge is 2.19. The lowest BCUT2D eigenvalue weighted by atomic mass is 10.3. The maximum Gasteiger partial charge on any atom is 0.333 e. The van der Waals surface area contributed by atoms with Crippen molar-refractivity contribution in [3.63, 3.8) is 0 Å². The molecule has 15 heavy (non-hydrogen) atoms. The second-order valence-corrected chi connectivity index (χ2v) is 3.52. The molecule has 3 N–H and O–H groups in total. The number of esters is 1. The van der Waals surface area contributed by atoms with Crippen LogP contribution in [0.5, 0.6) is 0 Å². The molecular formula is C9H13N3O3. The maximum absolute atomic E-state index is 11.4. The van der Waals surface area contributed by atoms with Gasteiger partial charge in [0.05, 0.1) is 11.9 Å². The first-order valence-electron chi connectivity index (χ1n) is 4.92. The van der Waals surface area contributed by atoms with Gasteiger partial charge in [-0.15, -0.1) is 0 Å². The Labute approximate surface area is 87.0 Å². The Morgan fingerprint density at radius 3 is 3.07 bits per heavy atom. The Morgan fingerprint density at radius 2 is 2.47 bits per heavy atom. The minimum Gasteiger partial charge on any atom is -0.456 e. The molecule has 2 heterocycles. The van der Waals surface area contributed by atoms with Crippen molar-refractivity contribution in [3.05, 3.63) is 11.8 Å². The minimum absolute atomic E-state index is 0.0311. The molecule has 1 fully saturated rings. The molecule has 1 unspecified atom stereocenters. The third kappa shape index (κ3) is 2.69. The van der Waals surface area contributed by atoms with E-state index in [9.17, 15) is 9.59 Å². The molecule has 0 radical (unpaired) electrons. The van der Waals surface area contributed by atoms with Crippen LogP contribution in [0.1, 0.15) is 12.8 Å². The van der Waals surface area contributed by atoms with Crippen molar-refractivity contribution in [1.29, 1.82) is 0 Å². The predicted molar refractivity (Wildman–Crippen MR) is 51.7 cm³/mol. The summed E-state index contributed by atoms with van der Waals surface area (Å²) in [6.07, 6.45) is 3.31. The number of carbonyl (C=O) groups excluding carboxylic acids is 2. The molecule has 82 valence electrons. The lowest BCUT2D eigenvalue weighted by molar-refractivity contribution is -0.134.